The Kier molecular flexibility index (Phi) is 6.95. The summed E-state index contributed by atoms with van der Waals surface area (Å²) in [4.78, 5) is 13.3. The van der Waals surface area contributed by atoms with E-state index in [-0.39, 0.29) is 5.91 Å². The third-order valence-corrected chi connectivity index (χ3v) is 5.68. The Morgan fingerprint density at radius 2 is 1.96 bits per heavy atom. The monoisotopic (exact) mass is 383 g/mol. The molecule has 152 valence electrons. The number of anilines is 1. The molecule has 1 aliphatic carbocycles. The first-order valence-corrected chi connectivity index (χ1v) is 10.7. The molecule has 1 amide bonds. The molecule has 28 heavy (non-hydrogen) atoms. The molecule has 2 atom stereocenters. The number of nitrogens with one attached hydrogen (secondary N) is 1. The summed E-state index contributed by atoms with van der Waals surface area (Å²) in [5.74, 6) is 1.34. The summed E-state index contributed by atoms with van der Waals surface area (Å²) >= 11 is 0. The van der Waals surface area contributed by atoms with E-state index in [9.17, 15) is 4.79 Å². The van der Waals surface area contributed by atoms with Crippen LogP contribution in [0.25, 0.3) is 10.8 Å². The van der Waals surface area contributed by atoms with Gasteiger partial charge in [-0.1, -0.05) is 51.0 Å². The van der Waals surface area contributed by atoms with Crippen LogP contribution in [-0.2, 0) is 9.53 Å². The maximum atomic E-state index is 13.3. The van der Waals surface area contributed by atoms with Crippen molar-refractivity contribution in [1.29, 1.82) is 0 Å². The number of unbranched alkanes of at least 4 members (excludes halogenated alkanes) is 1. The van der Waals surface area contributed by atoms with Crippen LogP contribution in [0.5, 0.6) is 5.75 Å². The van der Waals surface area contributed by atoms with E-state index in [0.717, 1.165) is 60.7 Å². The molecular weight excluding hydrogens is 350 g/mol. The lowest BCUT2D eigenvalue weighted by Crippen LogP contribution is -2.48. The van der Waals surface area contributed by atoms with Gasteiger partial charge in [-0.15, -0.1) is 0 Å². The van der Waals surface area contributed by atoms with Crippen LogP contribution < -0.4 is 10.1 Å². The summed E-state index contributed by atoms with van der Waals surface area (Å²) < 4.78 is 12.0. The van der Waals surface area contributed by atoms with Crippen LogP contribution in [-0.4, -0.2) is 24.7 Å². The van der Waals surface area contributed by atoms with E-state index in [1.165, 1.54) is 0 Å². The summed E-state index contributed by atoms with van der Waals surface area (Å²) in [5, 5.41) is 5.20. The number of amides is 1. The number of carbonyl (C=O) groups is 1. The fourth-order valence-electron chi connectivity index (χ4n) is 4.25. The number of rotatable bonds is 8. The van der Waals surface area contributed by atoms with Gasteiger partial charge in [0.25, 0.3) is 5.91 Å². The third-order valence-electron chi connectivity index (χ3n) is 5.68. The Balaban J connectivity index is 1.87. The number of fused-ring (bicyclic) bond motifs is 1. The van der Waals surface area contributed by atoms with Crippen LogP contribution >= 0.6 is 0 Å². The van der Waals surface area contributed by atoms with Gasteiger partial charge in [0, 0.05) is 23.1 Å². The van der Waals surface area contributed by atoms with Crippen molar-refractivity contribution in [2.45, 2.75) is 64.9 Å². The van der Waals surface area contributed by atoms with Crippen molar-refractivity contribution < 1.29 is 14.3 Å². The van der Waals surface area contributed by atoms with E-state index in [4.69, 9.17) is 9.47 Å². The molecule has 0 saturated heterocycles. The SMILES string of the molecule is CCCCOc1ccc(NC(=O)[C@@]2(OCC)CCC[C@H](C)C2)c2ccccc12. The molecule has 0 radical (unpaired) electrons. The third kappa shape index (κ3) is 4.49. The first-order chi connectivity index (χ1) is 13.6. The predicted molar refractivity (Wildman–Crippen MR) is 115 cm³/mol. The van der Waals surface area contributed by atoms with Crippen LogP contribution in [0, 0.1) is 5.92 Å². The Bertz CT molecular complexity index is 800. The highest BCUT2D eigenvalue weighted by Crippen LogP contribution is 2.38. The van der Waals surface area contributed by atoms with Gasteiger partial charge in [-0.2, -0.15) is 0 Å². The highest BCUT2D eigenvalue weighted by molar-refractivity contribution is 6.06. The molecular formula is C24H33NO3. The quantitative estimate of drug-likeness (QED) is 0.574. The Labute approximate surface area is 168 Å². The van der Waals surface area contributed by atoms with Crippen molar-refractivity contribution in [3.8, 4) is 5.75 Å². The van der Waals surface area contributed by atoms with Crippen LogP contribution in [0.1, 0.15) is 59.3 Å². The van der Waals surface area contributed by atoms with E-state index in [2.05, 4.69) is 19.2 Å². The lowest BCUT2D eigenvalue weighted by atomic mass is 9.78. The summed E-state index contributed by atoms with van der Waals surface area (Å²) in [7, 11) is 0. The second kappa shape index (κ2) is 9.42. The minimum absolute atomic E-state index is 0.0225. The molecule has 2 aromatic rings. The van der Waals surface area contributed by atoms with Crippen LogP contribution in [0.15, 0.2) is 36.4 Å². The average Bonchev–Trinajstić information content (AvgIpc) is 2.70. The highest BCUT2D eigenvalue weighted by atomic mass is 16.5. The van der Waals surface area contributed by atoms with Crippen molar-refractivity contribution in [1.82, 2.24) is 0 Å². The minimum Gasteiger partial charge on any atom is -0.493 e. The molecule has 0 bridgehead atoms. The molecule has 1 fully saturated rings. The van der Waals surface area contributed by atoms with E-state index in [1.807, 2.05) is 43.3 Å². The lowest BCUT2D eigenvalue weighted by Gasteiger charge is -2.38. The zero-order valence-corrected chi connectivity index (χ0v) is 17.4. The van der Waals surface area contributed by atoms with E-state index in [0.29, 0.717) is 19.1 Å². The molecule has 0 heterocycles. The van der Waals surface area contributed by atoms with Crippen molar-refractivity contribution in [2.24, 2.45) is 5.92 Å². The Morgan fingerprint density at radius 3 is 2.68 bits per heavy atom. The molecule has 4 nitrogen and oxygen atoms in total. The highest BCUT2D eigenvalue weighted by Gasteiger charge is 2.42. The van der Waals surface area contributed by atoms with E-state index < -0.39 is 5.60 Å². The Hall–Kier alpha value is -2.07. The number of ether oxygens (including phenoxy) is 2. The number of hydrogen-bond donors (Lipinski definition) is 1. The minimum atomic E-state index is -0.718. The molecule has 0 aliphatic heterocycles. The molecule has 0 aromatic heterocycles. The summed E-state index contributed by atoms with van der Waals surface area (Å²) in [5.41, 5.74) is 0.102. The van der Waals surface area contributed by atoms with Crippen LogP contribution in [0.2, 0.25) is 0 Å². The van der Waals surface area contributed by atoms with Crippen molar-refractivity contribution in [3.63, 3.8) is 0 Å². The van der Waals surface area contributed by atoms with Gasteiger partial charge < -0.3 is 14.8 Å². The van der Waals surface area contributed by atoms with E-state index >= 15 is 0 Å². The molecule has 0 unspecified atom stereocenters. The fraction of sp³-hybridized carbons (Fsp3) is 0.542. The van der Waals surface area contributed by atoms with E-state index in [1.54, 1.807) is 0 Å². The summed E-state index contributed by atoms with van der Waals surface area (Å²) in [6.45, 7) is 7.58. The topological polar surface area (TPSA) is 47.6 Å². The van der Waals surface area contributed by atoms with Crippen LogP contribution in [0.3, 0.4) is 0 Å². The zero-order valence-electron chi connectivity index (χ0n) is 17.4. The van der Waals surface area contributed by atoms with Gasteiger partial charge in [0.05, 0.1) is 6.61 Å². The molecule has 3 rings (SSSR count). The molecule has 0 spiro atoms. The number of carbonyl (C=O) groups excluding carboxylic acids is 1. The van der Waals surface area contributed by atoms with Crippen molar-refractivity contribution in [2.75, 3.05) is 18.5 Å². The van der Waals surface area contributed by atoms with Crippen molar-refractivity contribution in [3.05, 3.63) is 36.4 Å². The predicted octanol–water partition coefficient (Wildman–Crippen LogP) is 5.94. The van der Waals surface area contributed by atoms with Crippen molar-refractivity contribution >= 4 is 22.4 Å². The second-order valence-corrected chi connectivity index (χ2v) is 7.94. The summed E-state index contributed by atoms with van der Waals surface area (Å²) in [6, 6.07) is 12.0. The molecule has 4 heteroatoms. The van der Waals surface area contributed by atoms with Gasteiger partial charge in [0.15, 0.2) is 0 Å². The lowest BCUT2D eigenvalue weighted by molar-refractivity contribution is -0.147. The maximum Gasteiger partial charge on any atom is 0.256 e. The normalized spacial score (nSPS) is 22.2. The zero-order chi connectivity index (χ0) is 20.0. The van der Waals surface area contributed by atoms with Gasteiger partial charge in [-0.05, 0) is 50.7 Å². The van der Waals surface area contributed by atoms with Gasteiger partial charge in [-0.25, -0.2) is 0 Å². The van der Waals surface area contributed by atoms with Gasteiger partial charge in [-0.3, -0.25) is 4.79 Å². The molecule has 1 N–H and O–H groups in total. The van der Waals surface area contributed by atoms with Gasteiger partial charge in [0.2, 0.25) is 0 Å². The number of hydrogen-bond acceptors (Lipinski definition) is 3. The molecule has 1 saturated carbocycles. The standard InChI is InChI=1S/C24H33NO3/c1-4-6-16-27-22-14-13-21(19-11-7-8-12-20(19)22)25-23(26)24(28-5-2)15-9-10-18(3)17-24/h7-8,11-14,18H,4-6,9-10,15-17H2,1-3H3,(H,25,26)/t18-,24+/m0/s1. The largest absolute Gasteiger partial charge is 0.493 e. The molecule has 1 aliphatic rings. The van der Waals surface area contributed by atoms with Crippen LogP contribution in [0.4, 0.5) is 5.69 Å². The van der Waals surface area contributed by atoms with Gasteiger partial charge >= 0.3 is 0 Å². The first-order valence-electron chi connectivity index (χ1n) is 10.7. The average molecular weight is 384 g/mol. The summed E-state index contributed by atoms with van der Waals surface area (Å²) in [6.07, 6.45) is 5.89. The Morgan fingerprint density at radius 1 is 1.18 bits per heavy atom. The van der Waals surface area contributed by atoms with Gasteiger partial charge in [0.1, 0.15) is 11.4 Å². The first kappa shape index (κ1) is 20.7. The maximum absolute atomic E-state index is 13.3. The second-order valence-electron chi connectivity index (χ2n) is 7.94. The fourth-order valence-corrected chi connectivity index (χ4v) is 4.25. The smallest absolute Gasteiger partial charge is 0.256 e. The number of benzene rings is 2. The molecule has 2 aromatic carbocycles.